The maximum absolute atomic E-state index is 6.57. The molecule has 0 unspecified atom stereocenters. The second-order valence-electron chi connectivity index (χ2n) is 9.22. The Labute approximate surface area is 223 Å². The molecule has 0 spiro atoms. The van der Waals surface area contributed by atoms with Crippen LogP contribution in [0, 0.1) is 27.7 Å². The quantitative estimate of drug-likeness (QED) is 0.231. The van der Waals surface area contributed by atoms with Crippen LogP contribution in [0.3, 0.4) is 0 Å². The van der Waals surface area contributed by atoms with Gasteiger partial charge in [-0.15, -0.1) is 0 Å². The van der Waals surface area contributed by atoms with Crippen LogP contribution in [0.1, 0.15) is 22.3 Å². The standard InChI is InChI=1S/C31H28ClN5/c1-21-5-13-25(14-6-21)36(26-15-7-22(2)8-16-26)30-33-29(32)34-31(35-30)37(27-17-9-23(3)10-18-27)28-19-11-24(4)12-20-28/h5-20H,1-4H3. The summed E-state index contributed by atoms with van der Waals surface area (Å²) in [7, 11) is 0. The van der Waals surface area contributed by atoms with Crippen molar-refractivity contribution < 1.29 is 0 Å². The van der Waals surface area contributed by atoms with Gasteiger partial charge in [0.15, 0.2) is 0 Å². The van der Waals surface area contributed by atoms with Crippen molar-refractivity contribution in [3.63, 3.8) is 0 Å². The number of anilines is 6. The normalized spacial score (nSPS) is 10.8. The van der Waals surface area contributed by atoms with Gasteiger partial charge in [-0.25, -0.2) is 0 Å². The van der Waals surface area contributed by atoms with E-state index in [1.165, 1.54) is 22.3 Å². The zero-order valence-electron chi connectivity index (χ0n) is 21.4. The van der Waals surface area contributed by atoms with E-state index in [9.17, 15) is 0 Å². The zero-order valence-corrected chi connectivity index (χ0v) is 22.1. The van der Waals surface area contributed by atoms with Gasteiger partial charge in [0.1, 0.15) is 0 Å². The predicted octanol–water partition coefficient (Wildman–Crippen LogP) is 8.70. The van der Waals surface area contributed by atoms with Crippen LogP contribution in [0.25, 0.3) is 0 Å². The lowest BCUT2D eigenvalue weighted by atomic mass is 10.1. The first kappa shape index (κ1) is 24.5. The molecule has 0 aliphatic rings. The van der Waals surface area contributed by atoms with Crippen LogP contribution in [0.4, 0.5) is 34.6 Å². The number of halogens is 1. The summed E-state index contributed by atoms with van der Waals surface area (Å²) in [5, 5.41) is 0.119. The average molecular weight is 506 g/mol. The van der Waals surface area contributed by atoms with E-state index < -0.39 is 0 Å². The van der Waals surface area contributed by atoms with Crippen molar-refractivity contribution in [2.75, 3.05) is 9.80 Å². The summed E-state index contributed by atoms with van der Waals surface area (Å²) in [6.45, 7) is 8.27. The van der Waals surface area contributed by atoms with Gasteiger partial charge in [0.25, 0.3) is 0 Å². The average Bonchev–Trinajstić information content (AvgIpc) is 2.89. The topological polar surface area (TPSA) is 45.2 Å². The summed E-state index contributed by atoms with van der Waals surface area (Å²) in [5.41, 5.74) is 8.41. The Balaban J connectivity index is 1.69. The van der Waals surface area contributed by atoms with Crippen LogP contribution < -0.4 is 9.80 Å². The number of nitrogens with zero attached hydrogens (tertiary/aromatic N) is 5. The van der Waals surface area contributed by atoms with Crippen molar-refractivity contribution in [3.8, 4) is 0 Å². The zero-order chi connectivity index (χ0) is 25.9. The summed E-state index contributed by atoms with van der Waals surface area (Å²) in [6.07, 6.45) is 0. The van der Waals surface area contributed by atoms with Crippen LogP contribution >= 0.6 is 11.6 Å². The molecule has 5 rings (SSSR count). The van der Waals surface area contributed by atoms with Crippen molar-refractivity contribution in [1.29, 1.82) is 0 Å². The first-order chi connectivity index (χ1) is 17.9. The first-order valence-corrected chi connectivity index (χ1v) is 12.5. The predicted molar refractivity (Wildman–Crippen MR) is 153 cm³/mol. The van der Waals surface area contributed by atoms with Crippen molar-refractivity contribution in [2.45, 2.75) is 27.7 Å². The van der Waals surface area contributed by atoms with E-state index in [-0.39, 0.29) is 5.28 Å². The number of aryl methyl sites for hydroxylation is 4. The van der Waals surface area contributed by atoms with E-state index in [2.05, 4.69) is 135 Å². The van der Waals surface area contributed by atoms with Gasteiger partial charge in [-0.2, -0.15) is 15.0 Å². The third-order valence-electron chi connectivity index (χ3n) is 6.15. The lowest BCUT2D eigenvalue weighted by Crippen LogP contribution is -2.19. The maximum atomic E-state index is 6.57. The Morgan fingerprint density at radius 2 is 0.649 bits per heavy atom. The lowest BCUT2D eigenvalue weighted by molar-refractivity contribution is 0.981. The minimum atomic E-state index is 0.119. The van der Waals surface area contributed by atoms with Gasteiger partial charge in [0, 0.05) is 22.7 Å². The van der Waals surface area contributed by atoms with E-state index in [1.807, 2.05) is 9.80 Å². The smallest absolute Gasteiger partial charge is 0.240 e. The largest absolute Gasteiger partial charge is 0.279 e. The van der Waals surface area contributed by atoms with Gasteiger partial charge < -0.3 is 0 Å². The molecule has 0 atom stereocenters. The van der Waals surface area contributed by atoms with E-state index >= 15 is 0 Å². The molecule has 0 aliphatic carbocycles. The molecule has 0 bridgehead atoms. The molecule has 0 fully saturated rings. The Kier molecular flexibility index (Phi) is 6.89. The Morgan fingerprint density at radius 3 is 0.892 bits per heavy atom. The molecule has 0 amide bonds. The Bertz CT molecular complexity index is 1290. The summed E-state index contributed by atoms with van der Waals surface area (Å²) in [4.78, 5) is 18.1. The number of hydrogen-bond acceptors (Lipinski definition) is 5. The van der Waals surface area contributed by atoms with Gasteiger partial charge in [0.05, 0.1) is 0 Å². The van der Waals surface area contributed by atoms with E-state index in [0.29, 0.717) is 11.9 Å². The summed E-state index contributed by atoms with van der Waals surface area (Å²) in [6, 6.07) is 33.1. The highest BCUT2D eigenvalue weighted by Crippen LogP contribution is 2.37. The van der Waals surface area contributed by atoms with Gasteiger partial charge in [-0.1, -0.05) is 70.8 Å². The van der Waals surface area contributed by atoms with Crippen molar-refractivity contribution in [3.05, 3.63) is 125 Å². The maximum Gasteiger partial charge on any atom is 0.240 e. The molecule has 1 aromatic heterocycles. The fraction of sp³-hybridized carbons (Fsp3) is 0.129. The van der Waals surface area contributed by atoms with Crippen molar-refractivity contribution in [2.24, 2.45) is 0 Å². The highest BCUT2D eigenvalue weighted by atomic mass is 35.5. The Morgan fingerprint density at radius 1 is 0.405 bits per heavy atom. The molecule has 0 radical (unpaired) electrons. The molecule has 5 aromatic rings. The SMILES string of the molecule is Cc1ccc(N(c2ccc(C)cc2)c2nc(Cl)nc(N(c3ccc(C)cc3)c3ccc(C)cc3)n2)cc1. The van der Waals surface area contributed by atoms with Crippen LogP contribution in [-0.2, 0) is 0 Å². The second kappa shape index (κ2) is 10.4. The summed E-state index contributed by atoms with van der Waals surface area (Å²) < 4.78 is 0. The molecule has 1 heterocycles. The fourth-order valence-electron chi connectivity index (χ4n) is 4.06. The van der Waals surface area contributed by atoms with Crippen molar-refractivity contribution in [1.82, 2.24) is 15.0 Å². The number of rotatable bonds is 6. The van der Waals surface area contributed by atoms with E-state index in [0.717, 1.165) is 22.7 Å². The number of hydrogen-bond donors (Lipinski definition) is 0. The summed E-state index contributed by atoms with van der Waals surface area (Å²) >= 11 is 6.57. The fourth-order valence-corrected chi connectivity index (χ4v) is 4.22. The van der Waals surface area contributed by atoms with Crippen LogP contribution in [0.2, 0.25) is 5.28 Å². The molecule has 5 nitrogen and oxygen atoms in total. The molecule has 0 saturated heterocycles. The monoisotopic (exact) mass is 505 g/mol. The van der Waals surface area contributed by atoms with Crippen molar-refractivity contribution >= 4 is 46.2 Å². The lowest BCUT2D eigenvalue weighted by Gasteiger charge is -2.27. The van der Waals surface area contributed by atoms with Gasteiger partial charge in [-0.05, 0) is 87.8 Å². The third kappa shape index (κ3) is 5.47. The molecule has 0 saturated carbocycles. The van der Waals surface area contributed by atoms with Gasteiger partial charge >= 0.3 is 0 Å². The molecular formula is C31H28ClN5. The molecule has 4 aromatic carbocycles. The Hall–Kier alpha value is -4.22. The molecular weight excluding hydrogens is 478 g/mol. The molecule has 0 aliphatic heterocycles. The highest BCUT2D eigenvalue weighted by molar-refractivity contribution is 6.28. The molecule has 37 heavy (non-hydrogen) atoms. The van der Waals surface area contributed by atoms with E-state index in [4.69, 9.17) is 16.6 Å². The van der Waals surface area contributed by atoms with E-state index in [1.54, 1.807) is 0 Å². The number of benzene rings is 4. The van der Waals surface area contributed by atoms with Crippen LogP contribution in [-0.4, -0.2) is 15.0 Å². The number of aromatic nitrogens is 3. The van der Waals surface area contributed by atoms with Gasteiger partial charge in [0.2, 0.25) is 17.2 Å². The first-order valence-electron chi connectivity index (χ1n) is 12.2. The molecule has 184 valence electrons. The molecule has 0 N–H and O–H groups in total. The minimum Gasteiger partial charge on any atom is -0.279 e. The molecule has 6 heteroatoms. The van der Waals surface area contributed by atoms with Crippen LogP contribution in [0.5, 0.6) is 0 Å². The second-order valence-corrected chi connectivity index (χ2v) is 9.56. The minimum absolute atomic E-state index is 0.119. The third-order valence-corrected chi connectivity index (χ3v) is 6.32. The van der Waals surface area contributed by atoms with Gasteiger partial charge in [-0.3, -0.25) is 9.80 Å². The summed E-state index contributed by atoms with van der Waals surface area (Å²) in [5.74, 6) is 0.874. The highest BCUT2D eigenvalue weighted by Gasteiger charge is 2.22. The van der Waals surface area contributed by atoms with Crippen LogP contribution in [0.15, 0.2) is 97.1 Å².